The topological polar surface area (TPSA) is 43.4 Å². The van der Waals surface area contributed by atoms with Gasteiger partial charge in [-0.1, -0.05) is 37.6 Å². The van der Waals surface area contributed by atoms with Crippen LogP contribution in [0.2, 0.25) is 0 Å². The second kappa shape index (κ2) is 4.69. The highest BCUT2D eigenvalue weighted by Crippen LogP contribution is 2.57. The summed E-state index contributed by atoms with van der Waals surface area (Å²) in [4.78, 5) is 24.9. The Morgan fingerprint density at radius 3 is 2.67 bits per heavy atom. The second-order valence-corrected chi connectivity index (χ2v) is 6.91. The Kier molecular flexibility index (Phi) is 3.19. The molecule has 112 valence electrons. The van der Waals surface area contributed by atoms with Crippen molar-refractivity contribution in [3.05, 3.63) is 35.4 Å². The van der Waals surface area contributed by atoms with E-state index in [2.05, 4.69) is 13.0 Å². The molecule has 2 aliphatic carbocycles. The van der Waals surface area contributed by atoms with Crippen LogP contribution in [-0.2, 0) is 14.9 Å². The Hall–Kier alpha value is -1.64. The number of carbonyl (C=O) groups excluding carboxylic acids is 2. The molecule has 1 unspecified atom stereocenters. The van der Waals surface area contributed by atoms with Crippen LogP contribution in [0.3, 0.4) is 0 Å². The van der Waals surface area contributed by atoms with Crippen LogP contribution in [0.15, 0.2) is 24.3 Å². The summed E-state index contributed by atoms with van der Waals surface area (Å²) in [6.07, 6.45) is 3.25. The van der Waals surface area contributed by atoms with Crippen molar-refractivity contribution >= 4 is 11.8 Å². The zero-order chi connectivity index (χ0) is 15.3. The molecule has 0 spiro atoms. The molecule has 0 bridgehead atoms. The Morgan fingerprint density at radius 1 is 1.24 bits per heavy atom. The van der Waals surface area contributed by atoms with E-state index in [1.165, 1.54) is 7.11 Å². The van der Waals surface area contributed by atoms with Gasteiger partial charge in [0.1, 0.15) is 0 Å². The third kappa shape index (κ3) is 1.86. The molecule has 21 heavy (non-hydrogen) atoms. The first-order valence-corrected chi connectivity index (χ1v) is 7.64. The number of ketones is 1. The molecular weight excluding hydrogens is 264 g/mol. The van der Waals surface area contributed by atoms with Crippen molar-refractivity contribution < 1.29 is 14.3 Å². The Morgan fingerprint density at radius 2 is 1.95 bits per heavy atom. The van der Waals surface area contributed by atoms with Crippen LogP contribution in [-0.4, -0.2) is 18.9 Å². The third-order valence-electron chi connectivity index (χ3n) is 5.81. The van der Waals surface area contributed by atoms with E-state index in [1.54, 1.807) is 0 Å². The molecule has 1 aromatic carbocycles. The second-order valence-electron chi connectivity index (χ2n) is 6.91. The fourth-order valence-corrected chi connectivity index (χ4v) is 4.64. The summed E-state index contributed by atoms with van der Waals surface area (Å²) in [6, 6.07) is 7.89. The summed E-state index contributed by atoms with van der Waals surface area (Å²) in [7, 11) is 1.44. The van der Waals surface area contributed by atoms with E-state index in [-0.39, 0.29) is 23.1 Å². The normalized spacial score (nSPS) is 34.8. The lowest BCUT2D eigenvalue weighted by Crippen LogP contribution is -2.53. The molecule has 3 heteroatoms. The van der Waals surface area contributed by atoms with Crippen LogP contribution in [0.4, 0.5) is 0 Å². The number of hydrogen-bond acceptors (Lipinski definition) is 3. The lowest BCUT2D eigenvalue weighted by molar-refractivity contribution is -0.160. The number of methoxy groups -OCH3 is 1. The van der Waals surface area contributed by atoms with Crippen LogP contribution < -0.4 is 0 Å². The fraction of sp³-hybridized carbons (Fsp3) is 0.556. The van der Waals surface area contributed by atoms with Gasteiger partial charge in [-0.15, -0.1) is 0 Å². The van der Waals surface area contributed by atoms with Crippen LogP contribution in [0.1, 0.15) is 55.5 Å². The van der Waals surface area contributed by atoms with E-state index >= 15 is 0 Å². The van der Waals surface area contributed by atoms with Gasteiger partial charge in [-0.3, -0.25) is 9.59 Å². The molecule has 0 aliphatic heterocycles. The Bertz CT molecular complexity index is 606. The number of hydrogen-bond donors (Lipinski definition) is 0. The van der Waals surface area contributed by atoms with Gasteiger partial charge in [0.25, 0.3) is 0 Å². The largest absolute Gasteiger partial charge is 0.469 e. The molecule has 3 rings (SSSR count). The number of Topliss-reactive ketones (excluding diaryl/α,β-unsaturated/α-hetero) is 1. The molecule has 0 aromatic heterocycles. The summed E-state index contributed by atoms with van der Waals surface area (Å²) >= 11 is 0. The number of benzene rings is 1. The van der Waals surface area contributed by atoms with E-state index in [0.29, 0.717) is 6.42 Å². The SMILES string of the molecule is COC(=O)[C@]1(C)CCCC2(C)c3ccccc3C(=O)C[C@@H]21. The van der Waals surface area contributed by atoms with Gasteiger partial charge in [-0.2, -0.15) is 0 Å². The molecule has 1 fully saturated rings. The maximum absolute atomic E-state index is 12.5. The van der Waals surface area contributed by atoms with Crippen LogP contribution in [0.25, 0.3) is 0 Å². The van der Waals surface area contributed by atoms with Gasteiger partial charge < -0.3 is 4.74 Å². The summed E-state index contributed by atoms with van der Waals surface area (Å²) in [5.41, 5.74) is 1.27. The first-order valence-electron chi connectivity index (χ1n) is 7.64. The van der Waals surface area contributed by atoms with E-state index in [9.17, 15) is 9.59 Å². The van der Waals surface area contributed by atoms with E-state index in [1.807, 2.05) is 25.1 Å². The smallest absolute Gasteiger partial charge is 0.311 e. The number of ether oxygens (including phenoxy) is 1. The van der Waals surface area contributed by atoms with Gasteiger partial charge in [-0.25, -0.2) is 0 Å². The highest BCUT2D eigenvalue weighted by atomic mass is 16.5. The molecule has 0 heterocycles. The standard InChI is InChI=1S/C18H22O3/c1-17-9-6-10-18(2,16(20)21-3)15(17)11-14(19)12-7-4-5-8-13(12)17/h4-5,7-8,15H,6,9-11H2,1-3H3/t15-,17?,18+/m0/s1. The maximum Gasteiger partial charge on any atom is 0.311 e. The van der Waals surface area contributed by atoms with Crippen LogP contribution in [0, 0.1) is 11.3 Å². The molecule has 2 aliphatic rings. The first-order chi connectivity index (χ1) is 9.93. The van der Waals surface area contributed by atoms with Crippen molar-refractivity contribution in [2.45, 2.75) is 44.9 Å². The van der Waals surface area contributed by atoms with E-state index in [0.717, 1.165) is 30.4 Å². The van der Waals surface area contributed by atoms with Crippen molar-refractivity contribution in [2.24, 2.45) is 11.3 Å². The zero-order valence-corrected chi connectivity index (χ0v) is 12.9. The predicted molar refractivity (Wildman–Crippen MR) is 80.2 cm³/mol. The highest BCUT2D eigenvalue weighted by Gasteiger charge is 2.57. The summed E-state index contributed by atoms with van der Waals surface area (Å²) in [5, 5.41) is 0. The van der Waals surface area contributed by atoms with Gasteiger partial charge in [0.05, 0.1) is 12.5 Å². The van der Waals surface area contributed by atoms with Gasteiger partial charge in [0.2, 0.25) is 0 Å². The molecular formula is C18H22O3. The Balaban J connectivity index is 2.15. The Labute approximate surface area is 125 Å². The van der Waals surface area contributed by atoms with Crippen LogP contribution >= 0.6 is 0 Å². The minimum atomic E-state index is -0.565. The minimum Gasteiger partial charge on any atom is -0.469 e. The minimum absolute atomic E-state index is 0.0219. The maximum atomic E-state index is 12.5. The summed E-state index contributed by atoms with van der Waals surface area (Å²) < 4.78 is 5.06. The average Bonchev–Trinajstić information content (AvgIpc) is 2.49. The molecule has 3 atom stereocenters. The average molecular weight is 286 g/mol. The third-order valence-corrected chi connectivity index (χ3v) is 5.81. The van der Waals surface area contributed by atoms with Crippen LogP contribution in [0.5, 0.6) is 0 Å². The molecule has 1 saturated carbocycles. The molecule has 0 saturated heterocycles. The number of carbonyl (C=O) groups is 2. The lowest BCUT2D eigenvalue weighted by atomic mass is 9.49. The summed E-state index contributed by atoms with van der Waals surface area (Å²) in [5.74, 6) is 0.00399. The quantitative estimate of drug-likeness (QED) is 0.742. The zero-order valence-electron chi connectivity index (χ0n) is 12.9. The monoisotopic (exact) mass is 286 g/mol. The number of esters is 1. The number of rotatable bonds is 1. The molecule has 1 aromatic rings. The molecule has 3 nitrogen and oxygen atoms in total. The van der Waals surface area contributed by atoms with Gasteiger partial charge in [-0.05, 0) is 36.7 Å². The van der Waals surface area contributed by atoms with Crippen molar-refractivity contribution in [2.75, 3.05) is 7.11 Å². The van der Waals surface area contributed by atoms with Crippen molar-refractivity contribution in [1.29, 1.82) is 0 Å². The van der Waals surface area contributed by atoms with E-state index < -0.39 is 5.41 Å². The lowest BCUT2D eigenvalue weighted by Gasteiger charge is -2.53. The highest BCUT2D eigenvalue weighted by molar-refractivity contribution is 6.00. The van der Waals surface area contributed by atoms with Crippen molar-refractivity contribution in [1.82, 2.24) is 0 Å². The number of fused-ring (bicyclic) bond motifs is 3. The summed E-state index contributed by atoms with van der Waals surface area (Å²) in [6.45, 7) is 4.19. The first kappa shape index (κ1) is 14.3. The predicted octanol–water partition coefficient (Wildman–Crippen LogP) is 3.51. The fourth-order valence-electron chi connectivity index (χ4n) is 4.64. The van der Waals surface area contributed by atoms with E-state index in [4.69, 9.17) is 4.74 Å². The van der Waals surface area contributed by atoms with Gasteiger partial charge in [0, 0.05) is 12.0 Å². The van der Waals surface area contributed by atoms with Gasteiger partial charge in [0.15, 0.2) is 5.78 Å². The van der Waals surface area contributed by atoms with Gasteiger partial charge >= 0.3 is 5.97 Å². The molecule has 0 radical (unpaired) electrons. The molecule has 0 N–H and O–H groups in total. The van der Waals surface area contributed by atoms with Crippen molar-refractivity contribution in [3.63, 3.8) is 0 Å². The molecule has 0 amide bonds. The van der Waals surface area contributed by atoms with Crippen molar-refractivity contribution in [3.8, 4) is 0 Å².